The van der Waals surface area contributed by atoms with E-state index in [1.165, 1.54) is 19.3 Å². The molecule has 2 rings (SSSR count). The molecular weight excluding hydrogens is 244 g/mol. The summed E-state index contributed by atoms with van der Waals surface area (Å²) in [4.78, 5) is 4.11. The molecule has 2 N–H and O–H groups in total. The number of aliphatic hydroxyl groups is 1. The van der Waals surface area contributed by atoms with E-state index in [1.54, 1.807) is 11.0 Å². The lowest BCUT2D eigenvalue weighted by Crippen LogP contribution is -2.32. The molecular formula is C13H24N4O2. The number of aryl methyl sites for hydroxylation is 1. The van der Waals surface area contributed by atoms with Crippen LogP contribution in [0.25, 0.3) is 0 Å². The van der Waals surface area contributed by atoms with Gasteiger partial charge in [-0.25, -0.2) is 4.98 Å². The molecule has 1 fully saturated rings. The largest absolute Gasteiger partial charge is 0.389 e. The fourth-order valence-corrected chi connectivity index (χ4v) is 2.35. The van der Waals surface area contributed by atoms with E-state index in [1.807, 2.05) is 7.05 Å². The molecule has 1 heterocycles. The highest BCUT2D eigenvalue weighted by molar-refractivity contribution is 4.80. The maximum Gasteiger partial charge on any atom is 0.164 e. The first kappa shape index (κ1) is 14.4. The SMILES string of the molecule is Cn1cnc(CNCC(O)COC2CCCCC2)n1. The molecule has 0 bridgehead atoms. The van der Waals surface area contributed by atoms with Gasteiger partial charge < -0.3 is 15.2 Å². The Hall–Kier alpha value is -0.980. The normalized spacial score (nSPS) is 18.6. The van der Waals surface area contributed by atoms with Crippen LogP contribution in [-0.2, 0) is 18.3 Å². The van der Waals surface area contributed by atoms with Crippen LogP contribution < -0.4 is 5.32 Å². The highest BCUT2D eigenvalue weighted by atomic mass is 16.5. The Morgan fingerprint density at radius 1 is 1.47 bits per heavy atom. The first-order valence-corrected chi connectivity index (χ1v) is 7.09. The van der Waals surface area contributed by atoms with Crippen molar-refractivity contribution in [2.24, 2.45) is 7.05 Å². The highest BCUT2D eigenvalue weighted by Gasteiger charge is 2.15. The molecule has 0 amide bonds. The average molecular weight is 268 g/mol. The van der Waals surface area contributed by atoms with Gasteiger partial charge >= 0.3 is 0 Å². The molecule has 1 aliphatic rings. The van der Waals surface area contributed by atoms with Gasteiger partial charge in [0.25, 0.3) is 0 Å². The fourth-order valence-electron chi connectivity index (χ4n) is 2.35. The zero-order valence-electron chi connectivity index (χ0n) is 11.6. The predicted octanol–water partition coefficient (Wildman–Crippen LogP) is 0.615. The summed E-state index contributed by atoms with van der Waals surface area (Å²) in [6.45, 7) is 1.49. The van der Waals surface area contributed by atoms with Gasteiger partial charge in [-0.2, -0.15) is 5.10 Å². The third-order valence-corrected chi connectivity index (χ3v) is 3.39. The number of nitrogens with zero attached hydrogens (tertiary/aromatic N) is 3. The Bertz CT molecular complexity index is 363. The summed E-state index contributed by atoms with van der Waals surface area (Å²) in [6.07, 6.45) is 7.65. The van der Waals surface area contributed by atoms with E-state index in [9.17, 15) is 5.11 Å². The smallest absolute Gasteiger partial charge is 0.164 e. The molecule has 19 heavy (non-hydrogen) atoms. The molecule has 6 heteroatoms. The second-order valence-electron chi connectivity index (χ2n) is 5.21. The molecule has 0 spiro atoms. The molecule has 0 aliphatic heterocycles. The Morgan fingerprint density at radius 2 is 2.26 bits per heavy atom. The van der Waals surface area contributed by atoms with Crippen molar-refractivity contribution in [1.82, 2.24) is 20.1 Å². The number of hydrogen-bond acceptors (Lipinski definition) is 5. The van der Waals surface area contributed by atoms with Gasteiger partial charge in [0, 0.05) is 13.6 Å². The van der Waals surface area contributed by atoms with Crippen LogP contribution in [0.3, 0.4) is 0 Å². The van der Waals surface area contributed by atoms with E-state index >= 15 is 0 Å². The van der Waals surface area contributed by atoms with E-state index in [2.05, 4.69) is 15.4 Å². The molecule has 1 atom stereocenters. The first-order chi connectivity index (χ1) is 9.24. The number of aromatic nitrogens is 3. The predicted molar refractivity (Wildman–Crippen MR) is 71.5 cm³/mol. The molecule has 108 valence electrons. The van der Waals surface area contributed by atoms with Crippen LogP contribution in [0, 0.1) is 0 Å². The minimum Gasteiger partial charge on any atom is -0.389 e. The Balaban J connectivity index is 1.55. The van der Waals surface area contributed by atoms with Crippen molar-refractivity contribution in [3.05, 3.63) is 12.2 Å². The van der Waals surface area contributed by atoms with Crippen LogP contribution in [0.5, 0.6) is 0 Å². The summed E-state index contributed by atoms with van der Waals surface area (Å²) in [5, 5.41) is 17.1. The lowest BCUT2D eigenvalue weighted by Gasteiger charge is -2.23. The van der Waals surface area contributed by atoms with Gasteiger partial charge in [0.1, 0.15) is 6.33 Å². The Morgan fingerprint density at radius 3 is 2.95 bits per heavy atom. The van der Waals surface area contributed by atoms with Crippen LogP contribution in [0.1, 0.15) is 37.9 Å². The molecule has 1 aliphatic carbocycles. The highest BCUT2D eigenvalue weighted by Crippen LogP contribution is 2.20. The molecule has 0 radical (unpaired) electrons. The van der Waals surface area contributed by atoms with Gasteiger partial charge in [-0.05, 0) is 12.8 Å². The number of rotatable bonds is 7. The third-order valence-electron chi connectivity index (χ3n) is 3.39. The van der Waals surface area contributed by atoms with Gasteiger partial charge in [0.2, 0.25) is 0 Å². The van der Waals surface area contributed by atoms with Gasteiger partial charge in [0.05, 0.1) is 25.4 Å². The summed E-state index contributed by atoms with van der Waals surface area (Å²) in [5.74, 6) is 0.739. The number of nitrogens with one attached hydrogen (secondary N) is 1. The van der Waals surface area contributed by atoms with Gasteiger partial charge in [-0.3, -0.25) is 4.68 Å². The van der Waals surface area contributed by atoms with Crippen molar-refractivity contribution in [2.75, 3.05) is 13.2 Å². The van der Waals surface area contributed by atoms with E-state index in [-0.39, 0.29) is 0 Å². The van der Waals surface area contributed by atoms with Gasteiger partial charge in [-0.15, -0.1) is 0 Å². The molecule has 1 saturated carbocycles. The van der Waals surface area contributed by atoms with Crippen molar-refractivity contribution >= 4 is 0 Å². The fraction of sp³-hybridized carbons (Fsp3) is 0.846. The second kappa shape index (κ2) is 7.57. The van der Waals surface area contributed by atoms with Crippen LogP contribution in [-0.4, -0.2) is 45.2 Å². The minimum absolute atomic E-state index is 0.348. The van der Waals surface area contributed by atoms with Crippen molar-refractivity contribution in [3.63, 3.8) is 0 Å². The zero-order valence-corrected chi connectivity index (χ0v) is 11.6. The quantitative estimate of drug-likeness (QED) is 0.758. The number of hydrogen-bond donors (Lipinski definition) is 2. The second-order valence-corrected chi connectivity index (χ2v) is 5.21. The van der Waals surface area contributed by atoms with E-state index in [0.29, 0.717) is 25.8 Å². The molecule has 1 aromatic heterocycles. The molecule has 1 unspecified atom stereocenters. The van der Waals surface area contributed by atoms with Gasteiger partial charge in [-0.1, -0.05) is 19.3 Å². The van der Waals surface area contributed by atoms with Crippen molar-refractivity contribution in [2.45, 2.75) is 50.9 Å². The number of ether oxygens (including phenoxy) is 1. The lowest BCUT2D eigenvalue weighted by atomic mass is 9.98. The van der Waals surface area contributed by atoms with Crippen LogP contribution >= 0.6 is 0 Å². The summed E-state index contributed by atoms with van der Waals surface area (Å²) in [7, 11) is 1.84. The van der Waals surface area contributed by atoms with Crippen molar-refractivity contribution in [1.29, 1.82) is 0 Å². The average Bonchev–Trinajstić information content (AvgIpc) is 2.83. The van der Waals surface area contributed by atoms with Crippen LogP contribution in [0.15, 0.2) is 6.33 Å². The monoisotopic (exact) mass is 268 g/mol. The summed E-state index contributed by atoms with van der Waals surface area (Å²) in [5.41, 5.74) is 0. The van der Waals surface area contributed by atoms with Crippen molar-refractivity contribution in [3.8, 4) is 0 Å². The topological polar surface area (TPSA) is 72.2 Å². The molecule has 1 aromatic rings. The molecule has 0 aromatic carbocycles. The van der Waals surface area contributed by atoms with Crippen LogP contribution in [0.4, 0.5) is 0 Å². The summed E-state index contributed by atoms with van der Waals surface area (Å²) in [6, 6.07) is 0. The zero-order chi connectivity index (χ0) is 13.5. The maximum atomic E-state index is 9.83. The first-order valence-electron chi connectivity index (χ1n) is 7.09. The standard InChI is InChI=1S/C13H24N4O2/c1-17-10-15-13(16-17)8-14-7-11(18)9-19-12-5-3-2-4-6-12/h10-12,14,18H,2-9H2,1H3. The van der Waals surface area contributed by atoms with E-state index in [0.717, 1.165) is 18.7 Å². The lowest BCUT2D eigenvalue weighted by molar-refractivity contribution is -0.0230. The van der Waals surface area contributed by atoms with Gasteiger partial charge in [0.15, 0.2) is 5.82 Å². The number of aliphatic hydroxyl groups excluding tert-OH is 1. The van der Waals surface area contributed by atoms with Crippen LogP contribution in [0.2, 0.25) is 0 Å². The third kappa shape index (κ3) is 5.26. The summed E-state index contributed by atoms with van der Waals surface area (Å²) >= 11 is 0. The minimum atomic E-state index is -0.467. The van der Waals surface area contributed by atoms with E-state index in [4.69, 9.17) is 4.74 Å². The Kier molecular flexibility index (Phi) is 5.75. The molecule has 6 nitrogen and oxygen atoms in total. The van der Waals surface area contributed by atoms with Crippen molar-refractivity contribution < 1.29 is 9.84 Å². The Labute approximate surface area is 114 Å². The van der Waals surface area contributed by atoms with E-state index < -0.39 is 6.10 Å². The molecule has 0 saturated heterocycles. The summed E-state index contributed by atoms with van der Waals surface area (Å²) < 4.78 is 7.39. The maximum absolute atomic E-state index is 9.83.